The molecule has 0 radical (unpaired) electrons. The maximum absolute atomic E-state index is 12.9. The van der Waals surface area contributed by atoms with Crippen LogP contribution in [0, 0.1) is 11.7 Å². The third kappa shape index (κ3) is 5.57. The number of anilines is 2. The first-order valence-corrected chi connectivity index (χ1v) is 6.87. The highest BCUT2D eigenvalue weighted by atomic mass is 19.1. The number of carbonyl (C=O) groups excluding carboxylic acids is 1. The second kappa shape index (κ2) is 7.85. The van der Waals surface area contributed by atoms with E-state index < -0.39 is 11.9 Å². The van der Waals surface area contributed by atoms with Crippen molar-refractivity contribution >= 4 is 17.3 Å². The van der Waals surface area contributed by atoms with Crippen LogP contribution in [0.5, 0.6) is 0 Å². The molecule has 1 amide bonds. The van der Waals surface area contributed by atoms with Crippen LogP contribution in [0.3, 0.4) is 0 Å². The van der Waals surface area contributed by atoms with Crippen molar-refractivity contribution in [1.29, 1.82) is 0 Å². The Kier molecular flexibility index (Phi) is 6.45. The number of ether oxygens (including phenoxy) is 1. The van der Waals surface area contributed by atoms with Crippen molar-refractivity contribution in [2.75, 3.05) is 17.7 Å². The van der Waals surface area contributed by atoms with Gasteiger partial charge < -0.3 is 15.8 Å². The summed E-state index contributed by atoms with van der Waals surface area (Å²) in [5, 5.41) is 2.63. The van der Waals surface area contributed by atoms with Gasteiger partial charge in [0.15, 0.2) is 0 Å². The highest BCUT2D eigenvalue weighted by molar-refractivity contribution is 5.96. The van der Waals surface area contributed by atoms with Crippen molar-refractivity contribution in [1.82, 2.24) is 0 Å². The summed E-state index contributed by atoms with van der Waals surface area (Å²) in [5.74, 6) is -0.0897. The molecular formula is C15H23FN2O2. The standard InChI is InChI=1S/C15H23FN2O2/c1-10(2)5-4-8-20-11(3)15(19)18-14-7-6-12(16)9-13(14)17/h6-7,9-11H,4-5,8,17H2,1-3H3,(H,18,19). The topological polar surface area (TPSA) is 64.3 Å². The van der Waals surface area contributed by atoms with Crippen LogP contribution in [0.1, 0.15) is 33.6 Å². The van der Waals surface area contributed by atoms with Crippen LogP contribution in [0.25, 0.3) is 0 Å². The molecule has 5 heteroatoms. The lowest BCUT2D eigenvalue weighted by molar-refractivity contribution is -0.126. The Balaban J connectivity index is 2.41. The van der Waals surface area contributed by atoms with Gasteiger partial charge in [-0.3, -0.25) is 4.79 Å². The number of hydrogen-bond donors (Lipinski definition) is 2. The number of nitrogens with two attached hydrogens (primary N) is 1. The summed E-state index contributed by atoms with van der Waals surface area (Å²) in [6, 6.07) is 3.86. The number of benzene rings is 1. The van der Waals surface area contributed by atoms with E-state index >= 15 is 0 Å². The Morgan fingerprint density at radius 1 is 1.40 bits per heavy atom. The molecule has 3 N–H and O–H groups in total. The van der Waals surface area contributed by atoms with Crippen molar-refractivity contribution in [2.24, 2.45) is 5.92 Å². The summed E-state index contributed by atoms with van der Waals surface area (Å²) in [6.07, 6.45) is 1.43. The molecule has 0 aliphatic heterocycles. The van der Waals surface area contributed by atoms with Crippen molar-refractivity contribution in [3.63, 3.8) is 0 Å². The summed E-state index contributed by atoms with van der Waals surface area (Å²) in [4.78, 5) is 11.9. The molecule has 1 rings (SSSR count). The van der Waals surface area contributed by atoms with Gasteiger partial charge in [-0.05, 0) is 43.9 Å². The van der Waals surface area contributed by atoms with Gasteiger partial charge in [0.05, 0.1) is 11.4 Å². The molecule has 20 heavy (non-hydrogen) atoms. The van der Waals surface area contributed by atoms with Gasteiger partial charge in [-0.1, -0.05) is 13.8 Å². The Labute approximate surface area is 119 Å². The number of rotatable bonds is 7. The van der Waals surface area contributed by atoms with Crippen LogP contribution in [0.4, 0.5) is 15.8 Å². The zero-order chi connectivity index (χ0) is 15.1. The van der Waals surface area contributed by atoms with Crippen molar-refractivity contribution in [3.05, 3.63) is 24.0 Å². The van der Waals surface area contributed by atoms with E-state index in [2.05, 4.69) is 19.2 Å². The SMILES string of the molecule is CC(C)CCCOC(C)C(=O)Nc1ccc(F)cc1N. The van der Waals surface area contributed by atoms with E-state index in [1.165, 1.54) is 18.2 Å². The molecule has 0 heterocycles. The molecule has 4 nitrogen and oxygen atoms in total. The lowest BCUT2D eigenvalue weighted by Crippen LogP contribution is -2.28. The number of nitrogen functional groups attached to an aromatic ring is 1. The molecule has 0 aliphatic carbocycles. The van der Waals surface area contributed by atoms with Crippen molar-refractivity contribution in [2.45, 2.75) is 39.7 Å². The first-order valence-electron chi connectivity index (χ1n) is 6.87. The minimum atomic E-state index is -0.563. The molecule has 1 unspecified atom stereocenters. The van der Waals surface area contributed by atoms with Gasteiger partial charge in [-0.15, -0.1) is 0 Å². The van der Waals surface area contributed by atoms with Gasteiger partial charge >= 0.3 is 0 Å². The van der Waals surface area contributed by atoms with E-state index in [4.69, 9.17) is 10.5 Å². The predicted octanol–water partition coefficient (Wildman–Crippen LogP) is 3.19. The molecule has 0 fully saturated rings. The van der Waals surface area contributed by atoms with E-state index in [0.717, 1.165) is 12.8 Å². The van der Waals surface area contributed by atoms with Gasteiger partial charge in [-0.25, -0.2) is 4.39 Å². The number of amides is 1. The van der Waals surface area contributed by atoms with Gasteiger partial charge in [0.25, 0.3) is 5.91 Å². The van der Waals surface area contributed by atoms with E-state index in [1.807, 2.05) is 0 Å². The monoisotopic (exact) mass is 282 g/mol. The average molecular weight is 282 g/mol. The van der Waals surface area contributed by atoms with Crippen LogP contribution in [0.15, 0.2) is 18.2 Å². The van der Waals surface area contributed by atoms with Gasteiger partial charge in [0, 0.05) is 6.61 Å². The Hall–Kier alpha value is -1.62. The average Bonchev–Trinajstić information content (AvgIpc) is 2.37. The Bertz CT molecular complexity index is 449. The van der Waals surface area contributed by atoms with Crippen LogP contribution >= 0.6 is 0 Å². The number of halogens is 1. The largest absolute Gasteiger partial charge is 0.397 e. The summed E-state index contributed by atoms with van der Waals surface area (Å²) in [6.45, 7) is 6.52. The molecule has 0 aromatic heterocycles. The predicted molar refractivity (Wildman–Crippen MR) is 78.9 cm³/mol. The fourth-order valence-electron chi connectivity index (χ4n) is 1.71. The normalized spacial score (nSPS) is 12.4. The van der Waals surface area contributed by atoms with Crippen LogP contribution in [0.2, 0.25) is 0 Å². The molecule has 112 valence electrons. The second-order valence-electron chi connectivity index (χ2n) is 5.27. The molecule has 0 aliphatic rings. The fourth-order valence-corrected chi connectivity index (χ4v) is 1.71. The summed E-state index contributed by atoms with van der Waals surface area (Å²) in [7, 11) is 0. The minimum absolute atomic E-state index is 0.199. The Morgan fingerprint density at radius 2 is 2.10 bits per heavy atom. The highest BCUT2D eigenvalue weighted by Gasteiger charge is 2.14. The lowest BCUT2D eigenvalue weighted by Gasteiger charge is -2.15. The molecule has 1 aromatic rings. The third-order valence-electron chi connectivity index (χ3n) is 2.93. The molecule has 1 aromatic carbocycles. The Morgan fingerprint density at radius 3 is 2.70 bits per heavy atom. The van der Waals surface area contributed by atoms with Gasteiger partial charge in [0.1, 0.15) is 11.9 Å². The molecule has 0 spiro atoms. The number of hydrogen-bond acceptors (Lipinski definition) is 3. The zero-order valence-electron chi connectivity index (χ0n) is 12.3. The molecular weight excluding hydrogens is 259 g/mol. The summed E-state index contributed by atoms with van der Waals surface area (Å²) >= 11 is 0. The summed E-state index contributed by atoms with van der Waals surface area (Å²) in [5.41, 5.74) is 6.23. The molecule has 0 saturated carbocycles. The van der Waals surface area contributed by atoms with E-state index in [-0.39, 0.29) is 11.6 Å². The quantitative estimate of drug-likeness (QED) is 0.596. The first-order chi connectivity index (χ1) is 9.40. The van der Waals surface area contributed by atoms with Crippen molar-refractivity contribution < 1.29 is 13.9 Å². The maximum atomic E-state index is 12.9. The van der Waals surface area contributed by atoms with Crippen LogP contribution in [-0.4, -0.2) is 18.6 Å². The fraction of sp³-hybridized carbons (Fsp3) is 0.533. The van der Waals surface area contributed by atoms with E-state index in [9.17, 15) is 9.18 Å². The first kappa shape index (κ1) is 16.4. The van der Waals surface area contributed by atoms with Gasteiger partial charge in [-0.2, -0.15) is 0 Å². The van der Waals surface area contributed by atoms with Crippen LogP contribution < -0.4 is 11.1 Å². The minimum Gasteiger partial charge on any atom is -0.397 e. The summed E-state index contributed by atoms with van der Waals surface area (Å²) < 4.78 is 18.4. The number of nitrogens with one attached hydrogen (secondary N) is 1. The van der Waals surface area contributed by atoms with E-state index in [0.29, 0.717) is 18.2 Å². The van der Waals surface area contributed by atoms with E-state index in [1.54, 1.807) is 6.92 Å². The molecule has 1 atom stereocenters. The zero-order valence-corrected chi connectivity index (χ0v) is 12.3. The number of carbonyl (C=O) groups is 1. The molecule has 0 bridgehead atoms. The highest BCUT2D eigenvalue weighted by Crippen LogP contribution is 2.19. The van der Waals surface area contributed by atoms with Crippen LogP contribution in [-0.2, 0) is 9.53 Å². The second-order valence-corrected chi connectivity index (χ2v) is 5.27. The van der Waals surface area contributed by atoms with Gasteiger partial charge in [0.2, 0.25) is 0 Å². The molecule has 0 saturated heterocycles. The lowest BCUT2D eigenvalue weighted by atomic mass is 10.1. The maximum Gasteiger partial charge on any atom is 0.253 e. The smallest absolute Gasteiger partial charge is 0.253 e. The van der Waals surface area contributed by atoms with Crippen molar-refractivity contribution in [3.8, 4) is 0 Å². The third-order valence-corrected chi connectivity index (χ3v) is 2.93.